The molecule has 1 aromatic carbocycles. The number of carbonyl (C=O) groups is 1. The molecule has 1 aliphatic carbocycles. The Balaban J connectivity index is 1.95. The maximum absolute atomic E-state index is 10.9. The van der Waals surface area contributed by atoms with Gasteiger partial charge < -0.3 is 9.67 Å². The molecule has 0 bridgehead atoms. The Morgan fingerprint density at radius 1 is 1.56 bits per heavy atom. The number of imidazole rings is 1. The highest BCUT2D eigenvalue weighted by Gasteiger charge is 2.24. The number of carboxylic acid groups (broad SMARTS) is 1. The van der Waals surface area contributed by atoms with Crippen molar-refractivity contribution in [3.05, 3.63) is 30.1 Å². The van der Waals surface area contributed by atoms with Gasteiger partial charge in [0.25, 0.3) is 0 Å². The Labute approximate surface area is 105 Å². The van der Waals surface area contributed by atoms with E-state index in [2.05, 4.69) is 16.5 Å². The third kappa shape index (κ3) is 1.98. The quantitative estimate of drug-likeness (QED) is 0.899. The summed E-state index contributed by atoms with van der Waals surface area (Å²) in [5, 5.41) is 8.95. The molecule has 2 aromatic rings. The minimum atomic E-state index is -0.905. The molecular weight excluding hydrogens is 228 g/mol. The van der Waals surface area contributed by atoms with E-state index >= 15 is 0 Å². The first-order valence-electron chi connectivity index (χ1n) is 6.35. The summed E-state index contributed by atoms with van der Waals surface area (Å²) in [5.41, 5.74) is 2.08. The molecule has 1 aliphatic rings. The smallest absolute Gasteiger partial charge is 0.335 e. The van der Waals surface area contributed by atoms with Crippen molar-refractivity contribution in [2.45, 2.75) is 32.2 Å². The monoisotopic (exact) mass is 244 g/mol. The summed E-state index contributed by atoms with van der Waals surface area (Å²) in [6.07, 6.45) is 5.70. The Hall–Kier alpha value is -1.84. The third-order valence-corrected chi connectivity index (χ3v) is 3.67. The first-order chi connectivity index (χ1) is 8.65. The predicted octanol–water partition coefficient (Wildman–Crippen LogP) is 3.10. The molecule has 1 aromatic heterocycles. The van der Waals surface area contributed by atoms with E-state index in [9.17, 15) is 4.79 Å². The van der Waals surface area contributed by atoms with Gasteiger partial charge in [-0.2, -0.15) is 0 Å². The maximum atomic E-state index is 10.9. The Morgan fingerprint density at radius 2 is 2.33 bits per heavy atom. The molecular formula is C14H16N2O2. The largest absolute Gasteiger partial charge is 0.478 e. The first kappa shape index (κ1) is 11.3. The zero-order valence-electron chi connectivity index (χ0n) is 10.3. The van der Waals surface area contributed by atoms with Gasteiger partial charge in [-0.25, -0.2) is 9.78 Å². The van der Waals surface area contributed by atoms with Gasteiger partial charge in [0.2, 0.25) is 0 Å². The molecule has 1 unspecified atom stereocenters. The van der Waals surface area contributed by atoms with Gasteiger partial charge in [0.05, 0.1) is 22.9 Å². The van der Waals surface area contributed by atoms with Crippen LogP contribution in [0.15, 0.2) is 24.5 Å². The van der Waals surface area contributed by atoms with Crippen molar-refractivity contribution in [1.29, 1.82) is 0 Å². The SMILES string of the molecule is CC(CC1CC1)n1cnc2cc(C(=O)O)ccc21. The van der Waals surface area contributed by atoms with Crippen molar-refractivity contribution in [3.8, 4) is 0 Å². The van der Waals surface area contributed by atoms with Gasteiger partial charge in [0.15, 0.2) is 0 Å². The molecule has 0 saturated heterocycles. The number of fused-ring (bicyclic) bond motifs is 1. The number of benzene rings is 1. The average molecular weight is 244 g/mol. The Bertz CT molecular complexity index is 599. The number of aromatic carboxylic acids is 1. The van der Waals surface area contributed by atoms with Crippen molar-refractivity contribution >= 4 is 17.0 Å². The number of nitrogens with zero attached hydrogens (tertiary/aromatic N) is 2. The molecule has 1 fully saturated rings. The summed E-state index contributed by atoms with van der Waals surface area (Å²) in [6.45, 7) is 2.20. The number of carboxylic acids is 1. The van der Waals surface area contributed by atoms with Crippen molar-refractivity contribution in [1.82, 2.24) is 9.55 Å². The standard InChI is InChI=1S/C14H16N2O2/c1-9(6-10-2-3-10)16-8-15-12-7-11(14(17)18)4-5-13(12)16/h4-5,7-10H,2-3,6H2,1H3,(H,17,18). The Morgan fingerprint density at radius 3 is 3.00 bits per heavy atom. The van der Waals surface area contributed by atoms with Crippen LogP contribution >= 0.6 is 0 Å². The van der Waals surface area contributed by atoms with Crippen LogP contribution < -0.4 is 0 Å². The van der Waals surface area contributed by atoms with Gasteiger partial charge in [-0.05, 0) is 37.5 Å². The normalized spacial score (nSPS) is 16.9. The van der Waals surface area contributed by atoms with Crippen molar-refractivity contribution in [2.75, 3.05) is 0 Å². The lowest BCUT2D eigenvalue weighted by Gasteiger charge is -2.13. The van der Waals surface area contributed by atoms with Crippen LogP contribution in [-0.2, 0) is 0 Å². The maximum Gasteiger partial charge on any atom is 0.335 e. The molecule has 1 atom stereocenters. The molecule has 1 N–H and O–H groups in total. The van der Waals surface area contributed by atoms with E-state index in [4.69, 9.17) is 5.11 Å². The van der Waals surface area contributed by atoms with Crippen LogP contribution in [0.25, 0.3) is 11.0 Å². The molecule has 4 nitrogen and oxygen atoms in total. The first-order valence-corrected chi connectivity index (χ1v) is 6.35. The van der Waals surface area contributed by atoms with E-state index < -0.39 is 5.97 Å². The van der Waals surface area contributed by atoms with E-state index in [-0.39, 0.29) is 0 Å². The highest BCUT2D eigenvalue weighted by Crippen LogP contribution is 2.37. The van der Waals surface area contributed by atoms with Crippen molar-refractivity contribution < 1.29 is 9.90 Å². The number of aromatic nitrogens is 2. The van der Waals surface area contributed by atoms with Crippen LogP contribution in [0.5, 0.6) is 0 Å². The van der Waals surface area contributed by atoms with E-state index in [0.29, 0.717) is 11.6 Å². The fraction of sp³-hybridized carbons (Fsp3) is 0.429. The van der Waals surface area contributed by atoms with Gasteiger partial charge >= 0.3 is 5.97 Å². The minimum Gasteiger partial charge on any atom is -0.478 e. The topological polar surface area (TPSA) is 55.1 Å². The van der Waals surface area contributed by atoms with Gasteiger partial charge in [-0.15, -0.1) is 0 Å². The second kappa shape index (κ2) is 4.12. The third-order valence-electron chi connectivity index (χ3n) is 3.67. The van der Waals surface area contributed by atoms with E-state index in [0.717, 1.165) is 17.0 Å². The zero-order chi connectivity index (χ0) is 12.7. The lowest BCUT2D eigenvalue weighted by Crippen LogP contribution is -2.04. The van der Waals surface area contributed by atoms with Crippen molar-refractivity contribution in [3.63, 3.8) is 0 Å². The minimum absolute atomic E-state index is 0.294. The van der Waals surface area contributed by atoms with Crippen molar-refractivity contribution in [2.24, 2.45) is 5.92 Å². The summed E-state index contributed by atoms with van der Waals surface area (Å²) in [6, 6.07) is 5.57. The summed E-state index contributed by atoms with van der Waals surface area (Å²) in [5.74, 6) is -0.0341. The highest BCUT2D eigenvalue weighted by molar-refractivity contribution is 5.92. The summed E-state index contributed by atoms with van der Waals surface area (Å²) >= 11 is 0. The number of rotatable bonds is 4. The molecule has 0 radical (unpaired) electrons. The van der Waals surface area contributed by atoms with Crippen LogP contribution in [0.3, 0.4) is 0 Å². The van der Waals surface area contributed by atoms with Crippen LogP contribution in [0.4, 0.5) is 0 Å². The number of hydrogen-bond acceptors (Lipinski definition) is 2. The molecule has 94 valence electrons. The lowest BCUT2D eigenvalue weighted by molar-refractivity contribution is 0.0697. The second-order valence-electron chi connectivity index (χ2n) is 5.19. The Kier molecular flexibility index (Phi) is 2.58. The zero-order valence-corrected chi connectivity index (χ0v) is 10.3. The van der Waals surface area contributed by atoms with Crippen LogP contribution in [0.1, 0.15) is 42.6 Å². The molecule has 1 saturated carbocycles. The molecule has 3 rings (SSSR count). The van der Waals surface area contributed by atoms with Crippen LogP contribution in [0, 0.1) is 5.92 Å². The lowest BCUT2D eigenvalue weighted by atomic mass is 10.1. The second-order valence-corrected chi connectivity index (χ2v) is 5.19. The van der Waals surface area contributed by atoms with Gasteiger partial charge in [-0.3, -0.25) is 0 Å². The summed E-state index contributed by atoms with van der Waals surface area (Å²) < 4.78 is 2.15. The summed E-state index contributed by atoms with van der Waals surface area (Å²) in [4.78, 5) is 15.2. The average Bonchev–Trinajstić information content (AvgIpc) is 3.05. The van der Waals surface area contributed by atoms with E-state index in [1.807, 2.05) is 12.4 Å². The van der Waals surface area contributed by atoms with Gasteiger partial charge in [0, 0.05) is 6.04 Å². The fourth-order valence-electron chi connectivity index (χ4n) is 2.47. The molecule has 1 heterocycles. The fourth-order valence-corrected chi connectivity index (χ4v) is 2.47. The van der Waals surface area contributed by atoms with Crippen LogP contribution in [0.2, 0.25) is 0 Å². The highest BCUT2D eigenvalue weighted by atomic mass is 16.4. The van der Waals surface area contributed by atoms with E-state index in [1.165, 1.54) is 19.3 Å². The number of hydrogen-bond donors (Lipinski definition) is 1. The predicted molar refractivity (Wildman–Crippen MR) is 68.7 cm³/mol. The molecule has 4 heteroatoms. The molecule has 0 aliphatic heterocycles. The molecule has 18 heavy (non-hydrogen) atoms. The van der Waals surface area contributed by atoms with Gasteiger partial charge in [0.1, 0.15) is 0 Å². The molecule has 0 spiro atoms. The summed E-state index contributed by atoms with van der Waals surface area (Å²) in [7, 11) is 0. The van der Waals surface area contributed by atoms with Crippen LogP contribution in [-0.4, -0.2) is 20.6 Å². The van der Waals surface area contributed by atoms with E-state index in [1.54, 1.807) is 12.1 Å². The van der Waals surface area contributed by atoms with Gasteiger partial charge in [-0.1, -0.05) is 12.8 Å². The molecule has 0 amide bonds.